The summed E-state index contributed by atoms with van der Waals surface area (Å²) in [6.07, 6.45) is 0.918. The molecule has 2 saturated heterocycles. The van der Waals surface area contributed by atoms with E-state index in [1.165, 1.54) is 12.4 Å². The van der Waals surface area contributed by atoms with Crippen LogP contribution in [0.15, 0.2) is 30.7 Å². The second-order valence-corrected chi connectivity index (χ2v) is 9.53. The van der Waals surface area contributed by atoms with E-state index in [2.05, 4.69) is 24.8 Å². The van der Waals surface area contributed by atoms with Crippen LogP contribution >= 0.6 is 0 Å². The summed E-state index contributed by atoms with van der Waals surface area (Å²) in [5.74, 6) is 1.54. The highest BCUT2D eigenvalue weighted by molar-refractivity contribution is 5.61. The lowest BCUT2D eigenvalue weighted by Gasteiger charge is -2.34. The Morgan fingerprint density at radius 3 is 2.53 bits per heavy atom. The second-order valence-electron chi connectivity index (χ2n) is 9.53. The van der Waals surface area contributed by atoms with Crippen molar-refractivity contribution in [1.29, 1.82) is 0 Å². The molecule has 2 aromatic heterocycles. The summed E-state index contributed by atoms with van der Waals surface area (Å²) in [5, 5.41) is 3.26. The number of aromatic nitrogens is 4. The van der Waals surface area contributed by atoms with Gasteiger partial charge in [0.05, 0.1) is 11.3 Å². The Hall–Kier alpha value is -3.21. The average molecular weight is 504 g/mol. The summed E-state index contributed by atoms with van der Waals surface area (Å²) in [6, 6.07) is 3.08. The third-order valence-electron chi connectivity index (χ3n) is 7.16. The topological polar surface area (TPSA) is 84.9 Å². The first-order chi connectivity index (χ1) is 17.2. The van der Waals surface area contributed by atoms with Crippen molar-refractivity contribution in [3.8, 4) is 11.3 Å². The average Bonchev–Trinajstić information content (AvgIpc) is 3.25. The third-order valence-corrected chi connectivity index (χ3v) is 7.16. The van der Waals surface area contributed by atoms with Crippen LogP contribution in [0.3, 0.4) is 0 Å². The number of nitrogens with one attached hydrogen (secondary N) is 1. The molecule has 3 aromatic rings. The van der Waals surface area contributed by atoms with Crippen molar-refractivity contribution in [1.82, 2.24) is 24.8 Å². The molecule has 4 heterocycles. The summed E-state index contributed by atoms with van der Waals surface area (Å²) in [5.41, 5.74) is 6.41. The zero-order chi connectivity index (χ0) is 25.4. The van der Waals surface area contributed by atoms with Crippen LogP contribution in [0.2, 0.25) is 0 Å². The number of rotatable bonds is 6. The van der Waals surface area contributed by atoms with E-state index >= 15 is 0 Å². The van der Waals surface area contributed by atoms with Crippen LogP contribution in [0.4, 0.5) is 29.2 Å². The van der Waals surface area contributed by atoms with Gasteiger partial charge in [-0.05, 0) is 37.5 Å². The molecule has 2 aliphatic rings. The molecule has 7 nitrogen and oxygen atoms in total. The smallest absolute Gasteiger partial charge is 0.383 e. The normalized spacial score (nSPS) is 17.4. The van der Waals surface area contributed by atoms with Crippen molar-refractivity contribution in [2.45, 2.75) is 44.8 Å². The van der Waals surface area contributed by atoms with Gasteiger partial charge in [0.2, 0.25) is 0 Å². The van der Waals surface area contributed by atoms with Crippen LogP contribution in [0.5, 0.6) is 0 Å². The number of alkyl halides is 3. The number of piperidine rings is 1. The minimum Gasteiger partial charge on any atom is -0.383 e. The molecule has 36 heavy (non-hydrogen) atoms. The quantitative estimate of drug-likeness (QED) is 0.490. The lowest BCUT2D eigenvalue weighted by molar-refractivity contribution is -0.139. The molecular weight excluding hydrogens is 474 g/mol. The number of halogens is 4. The Labute approximate surface area is 206 Å². The SMILES string of the molecule is CCc1c(N)ncnc1N1CCC(c2nc(-c3ccc(F)c(C(F)(F)F)c3)cn2CC2CNC2)CC1. The van der Waals surface area contributed by atoms with E-state index in [-0.39, 0.29) is 11.5 Å². The van der Waals surface area contributed by atoms with E-state index in [1.54, 1.807) is 0 Å². The molecule has 0 saturated carbocycles. The maximum absolute atomic E-state index is 13.9. The summed E-state index contributed by atoms with van der Waals surface area (Å²) in [6.45, 7) is 6.08. The molecule has 0 spiro atoms. The molecule has 192 valence electrons. The molecule has 0 aliphatic carbocycles. The lowest BCUT2D eigenvalue weighted by atomic mass is 9.95. The molecule has 2 fully saturated rings. The molecule has 2 aliphatic heterocycles. The van der Waals surface area contributed by atoms with E-state index in [0.717, 1.165) is 81.3 Å². The Kier molecular flexibility index (Phi) is 6.59. The molecular formula is C25H29F4N7. The molecule has 3 N–H and O–H groups in total. The van der Waals surface area contributed by atoms with Crippen molar-refractivity contribution < 1.29 is 17.6 Å². The van der Waals surface area contributed by atoms with E-state index in [1.807, 2.05) is 13.1 Å². The van der Waals surface area contributed by atoms with Crippen LogP contribution in [0.1, 0.15) is 42.6 Å². The van der Waals surface area contributed by atoms with Gasteiger partial charge in [0.1, 0.15) is 29.6 Å². The third kappa shape index (κ3) is 4.76. The largest absolute Gasteiger partial charge is 0.419 e. The van der Waals surface area contributed by atoms with Crippen molar-refractivity contribution >= 4 is 11.6 Å². The Morgan fingerprint density at radius 2 is 1.89 bits per heavy atom. The number of nitrogens with two attached hydrogens (primary N) is 1. The number of nitrogens with zero attached hydrogens (tertiary/aromatic N) is 5. The van der Waals surface area contributed by atoms with Crippen LogP contribution in [-0.4, -0.2) is 45.7 Å². The highest BCUT2D eigenvalue weighted by atomic mass is 19.4. The second kappa shape index (κ2) is 9.68. The van der Waals surface area contributed by atoms with E-state index in [9.17, 15) is 17.6 Å². The van der Waals surface area contributed by atoms with E-state index in [4.69, 9.17) is 10.7 Å². The first-order valence-corrected chi connectivity index (χ1v) is 12.2. The van der Waals surface area contributed by atoms with Gasteiger partial charge in [-0.1, -0.05) is 6.92 Å². The molecule has 1 aromatic carbocycles. The van der Waals surface area contributed by atoms with Gasteiger partial charge in [0, 0.05) is 61.9 Å². The Balaban J connectivity index is 1.41. The van der Waals surface area contributed by atoms with Gasteiger partial charge in [-0.15, -0.1) is 0 Å². The molecule has 5 rings (SSSR count). The summed E-state index contributed by atoms with van der Waals surface area (Å²) in [4.78, 5) is 15.6. The standard InChI is InChI=1S/C25H29F4N7/c1-2-18-22(30)32-14-33-24(18)35-7-5-16(6-8-35)23-34-21(13-36(23)12-15-10-31-11-15)17-3-4-20(26)19(9-17)25(27,28)29/h3-4,9,13-16,31H,2,5-8,10-12H2,1H3,(H2,30,32,33). The van der Waals surface area contributed by atoms with E-state index < -0.39 is 17.6 Å². The molecule has 11 heteroatoms. The van der Waals surface area contributed by atoms with Crippen LogP contribution in [-0.2, 0) is 19.1 Å². The number of anilines is 2. The van der Waals surface area contributed by atoms with Gasteiger partial charge in [0.15, 0.2) is 0 Å². The first kappa shape index (κ1) is 24.5. The molecule has 0 radical (unpaired) electrons. The summed E-state index contributed by atoms with van der Waals surface area (Å²) < 4.78 is 55.9. The number of hydrogen-bond acceptors (Lipinski definition) is 6. The van der Waals surface area contributed by atoms with Crippen molar-refractivity contribution in [3.05, 3.63) is 53.5 Å². The fourth-order valence-corrected chi connectivity index (χ4v) is 5.08. The molecule has 0 bridgehead atoms. The van der Waals surface area contributed by atoms with Crippen LogP contribution < -0.4 is 16.0 Å². The van der Waals surface area contributed by atoms with Crippen LogP contribution in [0, 0.1) is 11.7 Å². The first-order valence-electron chi connectivity index (χ1n) is 12.2. The predicted octanol–water partition coefficient (Wildman–Crippen LogP) is 4.25. The monoisotopic (exact) mass is 503 g/mol. The Morgan fingerprint density at radius 1 is 1.14 bits per heavy atom. The van der Waals surface area contributed by atoms with Gasteiger partial charge < -0.3 is 20.5 Å². The summed E-state index contributed by atoms with van der Waals surface area (Å²) >= 11 is 0. The fraction of sp³-hybridized carbons (Fsp3) is 0.480. The predicted molar refractivity (Wildman–Crippen MR) is 129 cm³/mol. The molecule has 0 atom stereocenters. The Bertz CT molecular complexity index is 1230. The number of imidazole rings is 1. The summed E-state index contributed by atoms with van der Waals surface area (Å²) in [7, 11) is 0. The maximum Gasteiger partial charge on any atom is 0.419 e. The molecule has 0 unspecified atom stereocenters. The van der Waals surface area contributed by atoms with E-state index in [0.29, 0.717) is 17.4 Å². The highest BCUT2D eigenvalue weighted by Gasteiger charge is 2.35. The highest BCUT2D eigenvalue weighted by Crippen LogP contribution is 2.36. The minimum atomic E-state index is -4.77. The van der Waals surface area contributed by atoms with Gasteiger partial charge >= 0.3 is 6.18 Å². The minimum absolute atomic E-state index is 0.148. The van der Waals surface area contributed by atoms with Crippen molar-refractivity contribution in [2.75, 3.05) is 36.8 Å². The van der Waals surface area contributed by atoms with Crippen molar-refractivity contribution in [2.24, 2.45) is 5.92 Å². The number of nitrogen functional groups attached to an aromatic ring is 1. The van der Waals surface area contributed by atoms with Gasteiger partial charge in [-0.3, -0.25) is 0 Å². The fourth-order valence-electron chi connectivity index (χ4n) is 5.08. The molecule has 0 amide bonds. The van der Waals surface area contributed by atoms with Gasteiger partial charge in [-0.25, -0.2) is 19.3 Å². The van der Waals surface area contributed by atoms with Crippen molar-refractivity contribution in [3.63, 3.8) is 0 Å². The number of benzene rings is 1. The number of hydrogen-bond donors (Lipinski definition) is 2. The zero-order valence-electron chi connectivity index (χ0n) is 20.0. The zero-order valence-corrected chi connectivity index (χ0v) is 20.0. The van der Waals surface area contributed by atoms with Gasteiger partial charge in [-0.2, -0.15) is 13.2 Å². The maximum atomic E-state index is 13.9. The van der Waals surface area contributed by atoms with Gasteiger partial charge in [0.25, 0.3) is 0 Å². The van der Waals surface area contributed by atoms with Crippen LogP contribution in [0.25, 0.3) is 11.3 Å². The lowest BCUT2D eigenvalue weighted by Crippen LogP contribution is -2.44.